The van der Waals surface area contributed by atoms with Crippen molar-refractivity contribution < 1.29 is 23.4 Å². The van der Waals surface area contributed by atoms with Gasteiger partial charge in [-0.3, -0.25) is 9.59 Å². The number of amides is 2. The second-order valence-corrected chi connectivity index (χ2v) is 6.42. The lowest BCUT2D eigenvalue weighted by atomic mass is 10.2. The van der Waals surface area contributed by atoms with Crippen LogP contribution in [0, 0.1) is 0 Å². The summed E-state index contributed by atoms with van der Waals surface area (Å²) in [4.78, 5) is 24.5. The van der Waals surface area contributed by atoms with Crippen LogP contribution < -0.4 is 15.5 Å². The van der Waals surface area contributed by atoms with Crippen molar-refractivity contribution in [2.75, 3.05) is 23.7 Å². The Bertz CT molecular complexity index is 916. The number of carbonyl (C=O) groups excluding carboxylic acids is 2. The Balaban J connectivity index is 1.54. The topological polar surface area (TPSA) is 102 Å². The third-order valence-electron chi connectivity index (χ3n) is 4.15. The minimum absolute atomic E-state index is 0.0983. The van der Waals surface area contributed by atoms with Gasteiger partial charge >= 0.3 is 0 Å². The molecule has 0 saturated carbocycles. The van der Waals surface area contributed by atoms with Crippen LogP contribution in [0.5, 0.6) is 0 Å². The monoisotopic (exact) mass is 383 g/mol. The lowest BCUT2D eigenvalue weighted by Gasteiger charge is -2.16. The Kier molecular flexibility index (Phi) is 6.23. The summed E-state index contributed by atoms with van der Waals surface area (Å²) in [6.07, 6.45) is 1.58. The van der Waals surface area contributed by atoms with E-state index in [-0.39, 0.29) is 11.8 Å². The molecule has 0 aliphatic carbocycles. The van der Waals surface area contributed by atoms with E-state index in [1.165, 1.54) is 6.92 Å². The molecule has 8 heteroatoms. The van der Waals surface area contributed by atoms with Gasteiger partial charge in [0.2, 0.25) is 11.7 Å². The first-order valence-electron chi connectivity index (χ1n) is 9.04. The molecule has 0 radical (unpaired) electrons. The van der Waals surface area contributed by atoms with Crippen molar-refractivity contribution in [1.82, 2.24) is 5.16 Å². The second-order valence-electron chi connectivity index (χ2n) is 6.42. The average molecular weight is 383 g/mol. The van der Waals surface area contributed by atoms with Crippen molar-refractivity contribution in [2.45, 2.75) is 20.4 Å². The molecule has 1 aromatic carbocycles. The molecular formula is C20H23N4O4+. The number of anilines is 2. The highest BCUT2D eigenvalue weighted by Crippen LogP contribution is 2.20. The zero-order chi connectivity index (χ0) is 19.9. The van der Waals surface area contributed by atoms with Gasteiger partial charge < -0.3 is 24.5 Å². The maximum Gasteiger partial charge on any atom is 0.279 e. The van der Waals surface area contributed by atoms with Gasteiger partial charge in [-0.05, 0) is 43.3 Å². The summed E-state index contributed by atoms with van der Waals surface area (Å²) in [6.45, 7) is 5.09. The van der Waals surface area contributed by atoms with Crippen molar-refractivity contribution in [2.24, 2.45) is 0 Å². The molecule has 146 valence electrons. The molecule has 28 heavy (non-hydrogen) atoms. The Morgan fingerprint density at radius 1 is 1.07 bits per heavy atom. The minimum atomic E-state index is -0.137. The van der Waals surface area contributed by atoms with Crippen LogP contribution in [-0.2, 0) is 16.1 Å². The van der Waals surface area contributed by atoms with Crippen LogP contribution in [0.4, 0.5) is 11.4 Å². The number of likely N-dealkylation sites (N-methyl/N-ethyl adjacent to an activating group) is 1. The summed E-state index contributed by atoms with van der Waals surface area (Å²) >= 11 is 0. The van der Waals surface area contributed by atoms with Gasteiger partial charge in [0.25, 0.3) is 5.91 Å². The van der Waals surface area contributed by atoms with E-state index >= 15 is 0 Å². The van der Waals surface area contributed by atoms with E-state index < -0.39 is 0 Å². The molecule has 0 bridgehead atoms. The van der Waals surface area contributed by atoms with E-state index in [1.54, 1.807) is 42.7 Å². The fraction of sp³-hybridized carbons (Fsp3) is 0.250. The third kappa shape index (κ3) is 5.31. The molecule has 0 spiro atoms. The van der Waals surface area contributed by atoms with Gasteiger partial charge in [0.05, 0.1) is 12.8 Å². The lowest BCUT2D eigenvalue weighted by molar-refractivity contribution is -0.904. The highest BCUT2D eigenvalue weighted by atomic mass is 16.5. The second kappa shape index (κ2) is 9.01. The lowest BCUT2D eigenvalue weighted by Crippen LogP contribution is -3.11. The molecule has 2 aromatic heterocycles. The number of nitrogens with one attached hydrogen (secondary N) is 3. The summed E-state index contributed by atoms with van der Waals surface area (Å²) in [6, 6.07) is 12.4. The Labute approximate surface area is 162 Å². The van der Waals surface area contributed by atoms with E-state index in [1.807, 2.05) is 13.0 Å². The third-order valence-corrected chi connectivity index (χ3v) is 4.15. The SMILES string of the molecule is CC[NH+](CC(=O)Nc1ccc(NC(C)=O)cc1)Cc1cc(-c2ccco2)on1. The number of furan rings is 1. The predicted molar refractivity (Wildman–Crippen MR) is 104 cm³/mol. The first kappa shape index (κ1) is 19.4. The smallest absolute Gasteiger partial charge is 0.279 e. The van der Waals surface area contributed by atoms with Gasteiger partial charge in [0.1, 0.15) is 12.2 Å². The summed E-state index contributed by atoms with van der Waals surface area (Å²) < 4.78 is 10.6. The number of carbonyl (C=O) groups is 2. The number of nitrogens with zero attached hydrogens (tertiary/aromatic N) is 1. The molecule has 0 aliphatic rings. The van der Waals surface area contributed by atoms with Crippen LogP contribution in [0.2, 0.25) is 0 Å². The first-order chi connectivity index (χ1) is 13.5. The van der Waals surface area contributed by atoms with E-state index in [0.717, 1.165) is 17.1 Å². The maximum atomic E-state index is 12.4. The standard InChI is InChI=1S/C20H22N4O4/c1-3-24(12-17-11-19(28-23-17)18-5-4-10-27-18)13-20(26)22-16-8-6-15(7-9-16)21-14(2)25/h4-11H,3,12-13H2,1-2H3,(H,21,25)(H,22,26)/p+1. The molecular weight excluding hydrogens is 360 g/mol. The zero-order valence-corrected chi connectivity index (χ0v) is 15.8. The number of benzene rings is 1. The van der Waals surface area contributed by atoms with Crippen LogP contribution in [0.25, 0.3) is 11.5 Å². The molecule has 0 fully saturated rings. The molecule has 3 aromatic rings. The van der Waals surface area contributed by atoms with Gasteiger partial charge in [0, 0.05) is 24.4 Å². The molecule has 0 aliphatic heterocycles. The van der Waals surface area contributed by atoms with Crippen LogP contribution in [-0.4, -0.2) is 30.1 Å². The minimum Gasteiger partial charge on any atom is -0.461 e. The van der Waals surface area contributed by atoms with Crippen LogP contribution in [0.15, 0.2) is 57.7 Å². The summed E-state index contributed by atoms with van der Waals surface area (Å²) in [5.74, 6) is 0.956. The van der Waals surface area contributed by atoms with Crippen molar-refractivity contribution in [3.8, 4) is 11.5 Å². The number of aromatic nitrogens is 1. The molecule has 0 saturated heterocycles. The molecule has 1 unspecified atom stereocenters. The fourth-order valence-electron chi connectivity index (χ4n) is 2.77. The zero-order valence-electron chi connectivity index (χ0n) is 15.8. The summed E-state index contributed by atoms with van der Waals surface area (Å²) in [7, 11) is 0. The number of rotatable bonds is 8. The van der Waals surface area contributed by atoms with Crippen LogP contribution in [0.1, 0.15) is 19.5 Å². The Morgan fingerprint density at radius 3 is 2.39 bits per heavy atom. The van der Waals surface area contributed by atoms with Crippen LogP contribution >= 0.6 is 0 Å². The van der Waals surface area contributed by atoms with Crippen molar-refractivity contribution in [1.29, 1.82) is 0 Å². The molecule has 2 heterocycles. The molecule has 3 N–H and O–H groups in total. The fourth-order valence-corrected chi connectivity index (χ4v) is 2.77. The number of hydrogen-bond donors (Lipinski definition) is 3. The highest BCUT2D eigenvalue weighted by Gasteiger charge is 2.17. The first-order valence-corrected chi connectivity index (χ1v) is 9.04. The Morgan fingerprint density at radius 2 is 1.79 bits per heavy atom. The van der Waals surface area contributed by atoms with Gasteiger partial charge in [-0.15, -0.1) is 0 Å². The van der Waals surface area contributed by atoms with Gasteiger partial charge in [-0.2, -0.15) is 0 Å². The maximum absolute atomic E-state index is 12.4. The average Bonchev–Trinajstić information content (AvgIpc) is 3.34. The molecule has 8 nitrogen and oxygen atoms in total. The van der Waals surface area contributed by atoms with Crippen molar-refractivity contribution in [3.05, 3.63) is 54.4 Å². The molecule has 1 atom stereocenters. The normalized spacial score (nSPS) is 11.8. The van der Waals surface area contributed by atoms with Crippen LogP contribution in [0.3, 0.4) is 0 Å². The van der Waals surface area contributed by atoms with Gasteiger partial charge in [0.15, 0.2) is 12.3 Å². The predicted octanol–water partition coefficient (Wildman–Crippen LogP) is 1.94. The number of hydrogen-bond acceptors (Lipinski definition) is 5. The van der Waals surface area contributed by atoms with E-state index in [9.17, 15) is 9.59 Å². The number of quaternary nitrogens is 1. The quantitative estimate of drug-likeness (QED) is 0.552. The Hall–Kier alpha value is -3.39. The van der Waals surface area contributed by atoms with Crippen molar-refractivity contribution >= 4 is 23.2 Å². The molecule has 3 rings (SSSR count). The summed E-state index contributed by atoms with van der Waals surface area (Å²) in [5, 5.41) is 9.62. The molecule has 2 amide bonds. The highest BCUT2D eigenvalue weighted by molar-refractivity contribution is 5.92. The van der Waals surface area contributed by atoms with Gasteiger partial charge in [-0.25, -0.2) is 0 Å². The largest absolute Gasteiger partial charge is 0.461 e. The van der Waals surface area contributed by atoms with E-state index in [0.29, 0.717) is 36.0 Å². The summed E-state index contributed by atoms with van der Waals surface area (Å²) in [5.41, 5.74) is 2.12. The van der Waals surface area contributed by atoms with Crippen molar-refractivity contribution in [3.63, 3.8) is 0 Å². The van der Waals surface area contributed by atoms with E-state index in [2.05, 4.69) is 15.8 Å². The van der Waals surface area contributed by atoms with E-state index in [4.69, 9.17) is 8.94 Å². The van der Waals surface area contributed by atoms with Gasteiger partial charge in [-0.1, -0.05) is 5.16 Å².